The van der Waals surface area contributed by atoms with Crippen LogP contribution in [-0.4, -0.2) is 17.7 Å². The summed E-state index contributed by atoms with van der Waals surface area (Å²) < 4.78 is 18.3. The zero-order valence-electron chi connectivity index (χ0n) is 11.1. The van der Waals surface area contributed by atoms with Crippen molar-refractivity contribution in [3.8, 4) is 11.1 Å². The molecule has 0 aliphatic rings. The van der Waals surface area contributed by atoms with Gasteiger partial charge in [-0.2, -0.15) is 0 Å². The zero-order valence-corrected chi connectivity index (χ0v) is 11.1. The summed E-state index contributed by atoms with van der Waals surface area (Å²) in [5.41, 5.74) is 2.05. The Kier molecular flexibility index (Phi) is 4.48. The number of hydrogen-bond donors (Lipinski definition) is 1. The minimum absolute atomic E-state index is 0.201. The molecule has 0 amide bonds. The third-order valence-electron chi connectivity index (χ3n) is 2.98. The van der Waals surface area contributed by atoms with Gasteiger partial charge in [-0.25, -0.2) is 9.18 Å². The Morgan fingerprint density at radius 1 is 1.20 bits per heavy atom. The normalized spacial score (nSPS) is 10.5. The van der Waals surface area contributed by atoms with Crippen LogP contribution < -0.4 is 0 Å². The van der Waals surface area contributed by atoms with Gasteiger partial charge in [0, 0.05) is 6.61 Å². The van der Waals surface area contributed by atoms with E-state index in [1.165, 1.54) is 12.1 Å². The van der Waals surface area contributed by atoms with Gasteiger partial charge in [0.15, 0.2) is 0 Å². The van der Waals surface area contributed by atoms with Crippen LogP contribution in [0.25, 0.3) is 11.1 Å². The van der Waals surface area contributed by atoms with Gasteiger partial charge < -0.3 is 9.84 Å². The first-order chi connectivity index (χ1) is 9.63. The van der Waals surface area contributed by atoms with Crippen molar-refractivity contribution in [2.75, 3.05) is 6.61 Å². The van der Waals surface area contributed by atoms with Crippen molar-refractivity contribution < 1.29 is 19.0 Å². The average Bonchev–Trinajstić information content (AvgIpc) is 2.45. The summed E-state index contributed by atoms with van der Waals surface area (Å²) in [5, 5.41) is 9.43. The standard InChI is InChI=1S/C16H15FO3/c1-2-20-10-12-4-3-5-14(15(12)16(18)19)11-6-8-13(17)9-7-11/h3-9H,2,10H2,1H3,(H,18,19). The lowest BCUT2D eigenvalue weighted by Crippen LogP contribution is -2.06. The van der Waals surface area contributed by atoms with Gasteiger partial charge in [-0.05, 0) is 35.7 Å². The number of carbonyl (C=O) groups is 1. The lowest BCUT2D eigenvalue weighted by Gasteiger charge is -2.12. The number of halogens is 1. The van der Waals surface area contributed by atoms with E-state index in [0.29, 0.717) is 23.3 Å². The molecule has 0 aliphatic carbocycles. The van der Waals surface area contributed by atoms with Crippen LogP contribution in [0.5, 0.6) is 0 Å². The Balaban J connectivity index is 2.51. The van der Waals surface area contributed by atoms with Crippen LogP contribution >= 0.6 is 0 Å². The Morgan fingerprint density at radius 2 is 1.90 bits per heavy atom. The predicted octanol–water partition coefficient (Wildman–Crippen LogP) is 3.73. The lowest BCUT2D eigenvalue weighted by atomic mass is 9.95. The second-order valence-corrected chi connectivity index (χ2v) is 4.29. The SMILES string of the molecule is CCOCc1cccc(-c2ccc(F)cc2)c1C(=O)O. The molecular formula is C16H15FO3. The van der Waals surface area contributed by atoms with Crippen LogP contribution in [0.1, 0.15) is 22.8 Å². The topological polar surface area (TPSA) is 46.5 Å². The zero-order chi connectivity index (χ0) is 14.5. The fourth-order valence-corrected chi connectivity index (χ4v) is 2.05. The fourth-order valence-electron chi connectivity index (χ4n) is 2.05. The van der Waals surface area contributed by atoms with Gasteiger partial charge >= 0.3 is 5.97 Å². The van der Waals surface area contributed by atoms with Gasteiger partial charge in [-0.3, -0.25) is 0 Å². The Hall–Kier alpha value is -2.20. The quantitative estimate of drug-likeness (QED) is 0.903. The Morgan fingerprint density at radius 3 is 2.50 bits per heavy atom. The molecule has 0 spiro atoms. The molecule has 0 bridgehead atoms. The molecule has 3 nitrogen and oxygen atoms in total. The van der Waals surface area contributed by atoms with Crippen molar-refractivity contribution in [1.82, 2.24) is 0 Å². The van der Waals surface area contributed by atoms with Gasteiger partial charge in [0.25, 0.3) is 0 Å². The molecule has 2 rings (SSSR count). The van der Waals surface area contributed by atoms with E-state index in [9.17, 15) is 14.3 Å². The minimum atomic E-state index is -1.01. The Bertz CT molecular complexity index is 606. The summed E-state index contributed by atoms with van der Waals surface area (Å²) in [6.07, 6.45) is 0. The van der Waals surface area contributed by atoms with Gasteiger partial charge in [0.05, 0.1) is 12.2 Å². The molecule has 0 unspecified atom stereocenters. The number of aromatic carboxylic acids is 1. The summed E-state index contributed by atoms with van der Waals surface area (Å²) >= 11 is 0. The van der Waals surface area contributed by atoms with Crippen LogP contribution in [0.4, 0.5) is 4.39 Å². The van der Waals surface area contributed by atoms with Crippen molar-refractivity contribution in [3.63, 3.8) is 0 Å². The van der Waals surface area contributed by atoms with E-state index in [1.807, 2.05) is 6.92 Å². The summed E-state index contributed by atoms with van der Waals surface area (Å²) in [6, 6.07) is 11.0. The van der Waals surface area contributed by atoms with Crippen LogP contribution in [0.2, 0.25) is 0 Å². The molecule has 104 valence electrons. The molecule has 0 fully saturated rings. The number of carboxylic acid groups (broad SMARTS) is 1. The fraction of sp³-hybridized carbons (Fsp3) is 0.188. The van der Waals surface area contributed by atoms with Crippen LogP contribution in [0.3, 0.4) is 0 Å². The van der Waals surface area contributed by atoms with Gasteiger partial charge in [-0.15, -0.1) is 0 Å². The van der Waals surface area contributed by atoms with Gasteiger partial charge in [-0.1, -0.05) is 30.3 Å². The summed E-state index contributed by atoms with van der Waals surface area (Å²) in [4.78, 5) is 11.5. The molecule has 0 saturated carbocycles. The van der Waals surface area contributed by atoms with E-state index in [-0.39, 0.29) is 18.0 Å². The van der Waals surface area contributed by atoms with Crippen LogP contribution in [0, 0.1) is 5.82 Å². The highest BCUT2D eigenvalue weighted by Gasteiger charge is 2.16. The number of carboxylic acids is 1. The highest BCUT2D eigenvalue weighted by molar-refractivity contribution is 5.97. The molecule has 20 heavy (non-hydrogen) atoms. The van der Waals surface area contributed by atoms with E-state index in [4.69, 9.17) is 4.74 Å². The second kappa shape index (κ2) is 6.30. The molecule has 1 N–H and O–H groups in total. The summed E-state index contributed by atoms with van der Waals surface area (Å²) in [7, 11) is 0. The summed E-state index contributed by atoms with van der Waals surface area (Å²) in [6.45, 7) is 2.61. The number of rotatable bonds is 5. The molecule has 0 aromatic heterocycles. The van der Waals surface area contributed by atoms with Gasteiger partial charge in [0.2, 0.25) is 0 Å². The monoisotopic (exact) mass is 274 g/mol. The molecule has 0 saturated heterocycles. The average molecular weight is 274 g/mol. The maximum atomic E-state index is 13.0. The highest BCUT2D eigenvalue weighted by Crippen LogP contribution is 2.27. The van der Waals surface area contributed by atoms with E-state index in [2.05, 4.69) is 0 Å². The van der Waals surface area contributed by atoms with Crippen LogP contribution in [-0.2, 0) is 11.3 Å². The molecule has 2 aromatic rings. The molecule has 4 heteroatoms. The molecule has 0 atom stereocenters. The number of benzene rings is 2. The predicted molar refractivity (Wildman–Crippen MR) is 74.1 cm³/mol. The first-order valence-corrected chi connectivity index (χ1v) is 6.32. The first-order valence-electron chi connectivity index (χ1n) is 6.32. The van der Waals surface area contributed by atoms with Crippen LogP contribution in [0.15, 0.2) is 42.5 Å². The number of ether oxygens (including phenoxy) is 1. The van der Waals surface area contributed by atoms with E-state index in [1.54, 1.807) is 30.3 Å². The lowest BCUT2D eigenvalue weighted by molar-refractivity contribution is 0.0689. The van der Waals surface area contributed by atoms with E-state index >= 15 is 0 Å². The molecule has 0 aliphatic heterocycles. The van der Waals surface area contributed by atoms with Crippen molar-refractivity contribution in [3.05, 3.63) is 59.4 Å². The summed E-state index contributed by atoms with van der Waals surface area (Å²) in [5.74, 6) is -1.37. The molecule has 0 radical (unpaired) electrons. The minimum Gasteiger partial charge on any atom is -0.478 e. The van der Waals surface area contributed by atoms with Crippen molar-refractivity contribution in [2.45, 2.75) is 13.5 Å². The maximum absolute atomic E-state index is 13.0. The molecular weight excluding hydrogens is 259 g/mol. The van der Waals surface area contributed by atoms with E-state index in [0.717, 1.165) is 0 Å². The first kappa shape index (κ1) is 14.2. The molecule has 2 aromatic carbocycles. The Labute approximate surface area is 116 Å². The smallest absolute Gasteiger partial charge is 0.336 e. The van der Waals surface area contributed by atoms with Gasteiger partial charge in [0.1, 0.15) is 5.82 Å². The van der Waals surface area contributed by atoms with Crippen molar-refractivity contribution >= 4 is 5.97 Å². The molecule has 0 heterocycles. The third kappa shape index (κ3) is 3.03. The number of hydrogen-bond acceptors (Lipinski definition) is 2. The third-order valence-corrected chi connectivity index (χ3v) is 2.98. The maximum Gasteiger partial charge on any atom is 0.336 e. The van der Waals surface area contributed by atoms with Crippen molar-refractivity contribution in [2.24, 2.45) is 0 Å². The largest absolute Gasteiger partial charge is 0.478 e. The second-order valence-electron chi connectivity index (χ2n) is 4.29. The van der Waals surface area contributed by atoms with E-state index < -0.39 is 5.97 Å². The van der Waals surface area contributed by atoms with Crippen molar-refractivity contribution in [1.29, 1.82) is 0 Å². The highest BCUT2D eigenvalue weighted by atomic mass is 19.1.